The lowest BCUT2D eigenvalue weighted by Crippen LogP contribution is -2.28. The van der Waals surface area contributed by atoms with E-state index in [4.69, 9.17) is 5.73 Å². The Kier molecular flexibility index (Phi) is 2.65. The van der Waals surface area contributed by atoms with Crippen molar-refractivity contribution < 1.29 is 5.11 Å². The van der Waals surface area contributed by atoms with Gasteiger partial charge in [-0.15, -0.1) is 0 Å². The van der Waals surface area contributed by atoms with Gasteiger partial charge in [-0.05, 0) is 30.9 Å². The Morgan fingerprint density at radius 1 is 1.60 bits per heavy atom. The fourth-order valence-electron chi connectivity index (χ4n) is 2.03. The fourth-order valence-corrected chi connectivity index (χ4v) is 2.03. The molecule has 0 spiro atoms. The molecular weight excluding hydrogens is 188 g/mol. The first-order chi connectivity index (χ1) is 7.07. The van der Waals surface area contributed by atoms with Crippen molar-refractivity contribution in [2.24, 2.45) is 5.92 Å². The van der Waals surface area contributed by atoms with E-state index in [2.05, 4.69) is 4.98 Å². The van der Waals surface area contributed by atoms with Crippen LogP contribution in [0.4, 0.5) is 5.82 Å². The zero-order chi connectivity index (χ0) is 10.9. The molecule has 3 nitrogen and oxygen atoms in total. The van der Waals surface area contributed by atoms with Crippen molar-refractivity contribution in [1.82, 2.24) is 4.98 Å². The highest BCUT2D eigenvalue weighted by molar-refractivity contribution is 5.39. The topological polar surface area (TPSA) is 59.1 Å². The van der Waals surface area contributed by atoms with Crippen LogP contribution in [0.1, 0.15) is 31.7 Å². The molecule has 15 heavy (non-hydrogen) atoms. The largest absolute Gasteiger partial charge is 0.390 e. The van der Waals surface area contributed by atoms with Crippen molar-refractivity contribution in [2.45, 2.75) is 38.2 Å². The molecule has 0 radical (unpaired) electrons. The zero-order valence-corrected chi connectivity index (χ0v) is 9.11. The molecular formula is C12H18N2O. The van der Waals surface area contributed by atoms with Crippen LogP contribution in [0, 0.1) is 5.92 Å². The Morgan fingerprint density at radius 2 is 2.33 bits per heavy atom. The third kappa shape index (κ3) is 2.93. The summed E-state index contributed by atoms with van der Waals surface area (Å²) < 4.78 is 0. The average molecular weight is 206 g/mol. The van der Waals surface area contributed by atoms with E-state index in [1.165, 1.54) is 12.8 Å². The van der Waals surface area contributed by atoms with Crippen LogP contribution in [-0.2, 0) is 6.42 Å². The summed E-state index contributed by atoms with van der Waals surface area (Å²) in [6.07, 6.45) is 5.68. The van der Waals surface area contributed by atoms with E-state index in [1.807, 2.05) is 19.1 Å². The van der Waals surface area contributed by atoms with Gasteiger partial charge in [-0.25, -0.2) is 4.98 Å². The first-order valence-corrected chi connectivity index (χ1v) is 5.48. The van der Waals surface area contributed by atoms with E-state index in [1.54, 1.807) is 6.20 Å². The molecule has 1 aliphatic rings. The fraction of sp³-hybridized carbons (Fsp3) is 0.583. The summed E-state index contributed by atoms with van der Waals surface area (Å²) in [6.45, 7) is 1.89. The smallest absolute Gasteiger partial charge is 0.126 e. The first-order valence-electron chi connectivity index (χ1n) is 5.48. The van der Waals surface area contributed by atoms with E-state index < -0.39 is 5.60 Å². The van der Waals surface area contributed by atoms with Crippen molar-refractivity contribution >= 4 is 5.82 Å². The van der Waals surface area contributed by atoms with Crippen LogP contribution in [0.3, 0.4) is 0 Å². The summed E-state index contributed by atoms with van der Waals surface area (Å²) in [7, 11) is 0. The van der Waals surface area contributed by atoms with E-state index in [0.717, 1.165) is 17.9 Å². The maximum Gasteiger partial charge on any atom is 0.126 e. The summed E-state index contributed by atoms with van der Waals surface area (Å²) in [5, 5.41) is 10.2. The summed E-state index contributed by atoms with van der Waals surface area (Å²) in [6, 6.07) is 3.79. The number of nitrogens with zero attached hydrogens (tertiary/aromatic N) is 1. The number of anilines is 1. The summed E-state index contributed by atoms with van der Waals surface area (Å²) in [4.78, 5) is 4.02. The van der Waals surface area contributed by atoms with Gasteiger partial charge in [0.15, 0.2) is 0 Å². The molecule has 0 saturated heterocycles. The highest BCUT2D eigenvalue weighted by Crippen LogP contribution is 2.37. The van der Waals surface area contributed by atoms with Gasteiger partial charge >= 0.3 is 0 Å². The molecule has 1 aliphatic carbocycles. The van der Waals surface area contributed by atoms with E-state index in [-0.39, 0.29) is 0 Å². The lowest BCUT2D eigenvalue weighted by atomic mass is 9.91. The SMILES string of the molecule is CC(O)(Cc1cccnc1N)CC1CC1. The van der Waals surface area contributed by atoms with Crippen molar-refractivity contribution in [3.8, 4) is 0 Å². The lowest BCUT2D eigenvalue weighted by molar-refractivity contribution is 0.0456. The molecule has 3 heteroatoms. The van der Waals surface area contributed by atoms with Crippen LogP contribution in [-0.4, -0.2) is 15.7 Å². The third-order valence-corrected chi connectivity index (χ3v) is 2.92. The molecule has 3 N–H and O–H groups in total. The number of nitrogen functional groups attached to an aromatic ring is 1. The lowest BCUT2D eigenvalue weighted by Gasteiger charge is -2.23. The van der Waals surface area contributed by atoms with Gasteiger partial charge in [-0.1, -0.05) is 18.9 Å². The van der Waals surface area contributed by atoms with Gasteiger partial charge in [-0.2, -0.15) is 0 Å². The molecule has 2 rings (SSSR count). The number of aliphatic hydroxyl groups is 1. The molecule has 1 atom stereocenters. The minimum absolute atomic E-state index is 0.536. The summed E-state index contributed by atoms with van der Waals surface area (Å²) in [5.41, 5.74) is 6.06. The number of hydrogen-bond donors (Lipinski definition) is 2. The van der Waals surface area contributed by atoms with Crippen LogP contribution < -0.4 is 5.73 Å². The predicted molar refractivity (Wildman–Crippen MR) is 60.3 cm³/mol. The number of nitrogens with two attached hydrogens (primary N) is 1. The quantitative estimate of drug-likeness (QED) is 0.789. The number of rotatable bonds is 4. The van der Waals surface area contributed by atoms with Crippen molar-refractivity contribution in [2.75, 3.05) is 5.73 Å². The predicted octanol–water partition coefficient (Wildman–Crippen LogP) is 1.76. The third-order valence-electron chi connectivity index (χ3n) is 2.92. The molecule has 1 saturated carbocycles. The van der Waals surface area contributed by atoms with Gasteiger partial charge in [0.2, 0.25) is 0 Å². The Hall–Kier alpha value is -1.09. The number of aromatic nitrogens is 1. The Balaban J connectivity index is 2.03. The highest BCUT2D eigenvalue weighted by atomic mass is 16.3. The number of hydrogen-bond acceptors (Lipinski definition) is 3. The van der Waals surface area contributed by atoms with Gasteiger partial charge in [0, 0.05) is 12.6 Å². The minimum Gasteiger partial charge on any atom is -0.390 e. The van der Waals surface area contributed by atoms with Gasteiger partial charge in [-0.3, -0.25) is 0 Å². The summed E-state index contributed by atoms with van der Waals surface area (Å²) >= 11 is 0. The van der Waals surface area contributed by atoms with Gasteiger partial charge in [0.05, 0.1) is 5.60 Å². The second-order valence-electron chi connectivity index (χ2n) is 4.87. The minimum atomic E-state index is -0.641. The molecule has 0 amide bonds. The molecule has 0 bridgehead atoms. The van der Waals surface area contributed by atoms with E-state index in [0.29, 0.717) is 12.2 Å². The second-order valence-corrected chi connectivity index (χ2v) is 4.87. The molecule has 0 aromatic carbocycles. The molecule has 1 heterocycles. The zero-order valence-electron chi connectivity index (χ0n) is 9.11. The molecule has 1 aromatic heterocycles. The van der Waals surface area contributed by atoms with Crippen LogP contribution in [0.2, 0.25) is 0 Å². The van der Waals surface area contributed by atoms with Crippen LogP contribution >= 0.6 is 0 Å². The van der Waals surface area contributed by atoms with Crippen molar-refractivity contribution in [1.29, 1.82) is 0 Å². The molecule has 82 valence electrons. The Bertz CT molecular complexity index is 345. The van der Waals surface area contributed by atoms with Crippen LogP contribution in [0.5, 0.6) is 0 Å². The van der Waals surface area contributed by atoms with Gasteiger partial charge in [0.25, 0.3) is 0 Å². The maximum absolute atomic E-state index is 10.2. The normalized spacial score (nSPS) is 19.9. The van der Waals surface area contributed by atoms with Crippen LogP contribution in [0.15, 0.2) is 18.3 Å². The van der Waals surface area contributed by atoms with Gasteiger partial charge in [0.1, 0.15) is 5.82 Å². The molecule has 1 aromatic rings. The van der Waals surface area contributed by atoms with E-state index >= 15 is 0 Å². The van der Waals surface area contributed by atoms with E-state index in [9.17, 15) is 5.11 Å². The summed E-state index contributed by atoms with van der Waals surface area (Å²) in [5.74, 6) is 1.26. The standard InChI is InChI=1S/C12H18N2O/c1-12(15,7-9-4-5-9)8-10-3-2-6-14-11(10)13/h2-3,6,9,15H,4-5,7-8H2,1H3,(H2,13,14). The molecule has 1 fully saturated rings. The van der Waals surface area contributed by atoms with Crippen LogP contribution in [0.25, 0.3) is 0 Å². The van der Waals surface area contributed by atoms with Crippen molar-refractivity contribution in [3.63, 3.8) is 0 Å². The van der Waals surface area contributed by atoms with Crippen molar-refractivity contribution in [3.05, 3.63) is 23.9 Å². The molecule has 1 unspecified atom stereocenters. The first kappa shape index (κ1) is 10.4. The Morgan fingerprint density at radius 3 is 2.93 bits per heavy atom. The number of pyridine rings is 1. The monoisotopic (exact) mass is 206 g/mol. The average Bonchev–Trinajstić information content (AvgIpc) is 2.91. The van der Waals surface area contributed by atoms with Gasteiger partial charge < -0.3 is 10.8 Å². The Labute approximate surface area is 90.3 Å². The maximum atomic E-state index is 10.2. The highest BCUT2D eigenvalue weighted by Gasteiger charge is 2.32. The second kappa shape index (κ2) is 3.81. The molecule has 0 aliphatic heterocycles.